The highest BCUT2D eigenvalue weighted by Crippen LogP contribution is 2.37. The Morgan fingerprint density at radius 2 is 1.96 bits per heavy atom. The highest BCUT2D eigenvalue weighted by atomic mass is 35.5. The first-order valence-corrected chi connectivity index (χ1v) is 9.34. The van der Waals surface area contributed by atoms with Crippen molar-refractivity contribution in [3.63, 3.8) is 0 Å². The molecule has 0 aliphatic carbocycles. The SMILES string of the molecule is O=C1NCc2ccccc2CC12CCCN(Cc1cccc(Cl)c1)C2. The van der Waals surface area contributed by atoms with Crippen LogP contribution in [0.5, 0.6) is 0 Å². The largest absolute Gasteiger partial charge is 0.351 e. The molecule has 1 amide bonds. The van der Waals surface area contributed by atoms with E-state index in [1.807, 2.05) is 18.2 Å². The highest BCUT2D eigenvalue weighted by Gasteiger charge is 2.43. The molecule has 0 radical (unpaired) electrons. The molecule has 25 heavy (non-hydrogen) atoms. The second-order valence-electron chi connectivity index (χ2n) is 7.35. The summed E-state index contributed by atoms with van der Waals surface area (Å²) < 4.78 is 0. The van der Waals surface area contributed by atoms with Gasteiger partial charge in [-0.05, 0) is 54.6 Å². The van der Waals surface area contributed by atoms with Gasteiger partial charge in [0.1, 0.15) is 0 Å². The zero-order chi connectivity index (χ0) is 17.3. The molecule has 4 rings (SSSR count). The van der Waals surface area contributed by atoms with Crippen LogP contribution in [-0.4, -0.2) is 23.9 Å². The Morgan fingerprint density at radius 1 is 1.12 bits per heavy atom. The van der Waals surface area contributed by atoms with Crippen LogP contribution in [0.15, 0.2) is 48.5 Å². The first-order valence-electron chi connectivity index (χ1n) is 8.97. The fraction of sp³-hybridized carbons (Fsp3) is 0.381. The molecule has 2 aliphatic heterocycles. The van der Waals surface area contributed by atoms with E-state index < -0.39 is 0 Å². The second kappa shape index (κ2) is 6.81. The van der Waals surface area contributed by atoms with Crippen molar-refractivity contribution in [3.8, 4) is 0 Å². The van der Waals surface area contributed by atoms with Gasteiger partial charge in [0.05, 0.1) is 5.41 Å². The van der Waals surface area contributed by atoms with Gasteiger partial charge in [0.25, 0.3) is 0 Å². The molecule has 2 aliphatic rings. The lowest BCUT2D eigenvalue weighted by molar-refractivity contribution is -0.134. The van der Waals surface area contributed by atoms with Gasteiger partial charge in [0.2, 0.25) is 5.91 Å². The van der Waals surface area contributed by atoms with Crippen molar-refractivity contribution < 1.29 is 4.79 Å². The number of benzene rings is 2. The van der Waals surface area contributed by atoms with Crippen LogP contribution in [0.2, 0.25) is 5.02 Å². The van der Waals surface area contributed by atoms with E-state index in [2.05, 4.69) is 40.5 Å². The van der Waals surface area contributed by atoms with E-state index in [4.69, 9.17) is 11.6 Å². The molecule has 1 fully saturated rings. The van der Waals surface area contributed by atoms with Gasteiger partial charge >= 0.3 is 0 Å². The van der Waals surface area contributed by atoms with E-state index in [9.17, 15) is 4.79 Å². The Hall–Kier alpha value is -1.84. The third-order valence-electron chi connectivity index (χ3n) is 5.52. The van der Waals surface area contributed by atoms with Crippen LogP contribution < -0.4 is 5.32 Å². The summed E-state index contributed by atoms with van der Waals surface area (Å²) in [7, 11) is 0. The molecular formula is C21H23ClN2O. The van der Waals surface area contributed by atoms with Gasteiger partial charge < -0.3 is 5.32 Å². The Kier molecular flexibility index (Phi) is 4.53. The monoisotopic (exact) mass is 354 g/mol. The van der Waals surface area contributed by atoms with E-state index >= 15 is 0 Å². The lowest BCUT2D eigenvalue weighted by Crippen LogP contribution is -2.51. The fourth-order valence-corrected chi connectivity index (χ4v) is 4.51. The number of fused-ring (bicyclic) bond motifs is 1. The van der Waals surface area contributed by atoms with E-state index in [1.54, 1.807) is 0 Å². The number of likely N-dealkylation sites (tertiary alicyclic amines) is 1. The van der Waals surface area contributed by atoms with Crippen molar-refractivity contribution >= 4 is 17.5 Å². The summed E-state index contributed by atoms with van der Waals surface area (Å²) in [5.74, 6) is 0.208. The fourth-order valence-electron chi connectivity index (χ4n) is 4.30. The number of amides is 1. The lowest BCUT2D eigenvalue weighted by Gasteiger charge is -2.41. The van der Waals surface area contributed by atoms with Crippen LogP contribution in [0.25, 0.3) is 0 Å². The Bertz CT molecular complexity index is 791. The molecule has 1 N–H and O–H groups in total. The maximum Gasteiger partial charge on any atom is 0.228 e. The number of hydrogen-bond donors (Lipinski definition) is 1. The molecule has 130 valence electrons. The lowest BCUT2D eigenvalue weighted by atomic mass is 9.74. The molecule has 0 bridgehead atoms. The van der Waals surface area contributed by atoms with Crippen LogP contribution in [0.4, 0.5) is 0 Å². The van der Waals surface area contributed by atoms with E-state index in [-0.39, 0.29) is 11.3 Å². The maximum atomic E-state index is 13.0. The van der Waals surface area contributed by atoms with Crippen LogP contribution in [0.1, 0.15) is 29.5 Å². The van der Waals surface area contributed by atoms with Crippen molar-refractivity contribution in [2.75, 3.05) is 13.1 Å². The van der Waals surface area contributed by atoms with Gasteiger partial charge in [-0.2, -0.15) is 0 Å². The Balaban J connectivity index is 1.57. The Labute approximate surface area is 154 Å². The number of piperidine rings is 1. The molecule has 2 heterocycles. The first-order chi connectivity index (χ1) is 12.1. The normalized spacial score (nSPS) is 23.8. The summed E-state index contributed by atoms with van der Waals surface area (Å²) >= 11 is 6.12. The summed E-state index contributed by atoms with van der Waals surface area (Å²) in [6.07, 6.45) is 2.84. The summed E-state index contributed by atoms with van der Waals surface area (Å²) in [6, 6.07) is 16.4. The molecule has 0 saturated carbocycles. The molecule has 0 aromatic heterocycles. The third-order valence-corrected chi connectivity index (χ3v) is 5.75. The van der Waals surface area contributed by atoms with Crippen LogP contribution in [-0.2, 0) is 24.3 Å². The van der Waals surface area contributed by atoms with Crippen molar-refractivity contribution in [2.45, 2.75) is 32.4 Å². The van der Waals surface area contributed by atoms with E-state index in [0.29, 0.717) is 6.54 Å². The van der Waals surface area contributed by atoms with Crippen molar-refractivity contribution in [1.29, 1.82) is 0 Å². The summed E-state index contributed by atoms with van der Waals surface area (Å²) in [5, 5.41) is 3.94. The molecule has 1 atom stereocenters. The number of hydrogen-bond acceptors (Lipinski definition) is 2. The minimum absolute atomic E-state index is 0.208. The number of nitrogens with zero attached hydrogens (tertiary/aromatic N) is 1. The number of carbonyl (C=O) groups is 1. The number of rotatable bonds is 2. The van der Waals surface area contributed by atoms with Gasteiger partial charge in [0.15, 0.2) is 0 Å². The number of carbonyl (C=O) groups excluding carboxylic acids is 1. The average molecular weight is 355 g/mol. The predicted molar refractivity (Wildman–Crippen MR) is 100 cm³/mol. The zero-order valence-electron chi connectivity index (χ0n) is 14.3. The van der Waals surface area contributed by atoms with Gasteiger partial charge in [-0.1, -0.05) is 48.0 Å². The summed E-state index contributed by atoms with van der Waals surface area (Å²) in [5.41, 5.74) is 3.45. The topological polar surface area (TPSA) is 32.3 Å². The maximum absolute atomic E-state index is 13.0. The average Bonchev–Trinajstić information content (AvgIpc) is 2.73. The zero-order valence-corrected chi connectivity index (χ0v) is 15.1. The first kappa shape index (κ1) is 16.6. The molecule has 2 aromatic rings. The summed E-state index contributed by atoms with van der Waals surface area (Å²) in [4.78, 5) is 15.4. The van der Waals surface area contributed by atoms with Crippen LogP contribution >= 0.6 is 11.6 Å². The predicted octanol–water partition coefficient (Wildman–Crippen LogP) is 3.79. The standard InChI is InChI=1S/C21H23ClN2O/c22-19-8-3-5-16(11-19)14-24-10-4-9-21(15-24)12-17-6-1-2-7-18(17)13-23-20(21)25/h1-3,5-8,11H,4,9-10,12-15H2,(H,23,25). The number of halogens is 1. The summed E-state index contributed by atoms with van der Waals surface area (Å²) in [6.45, 7) is 3.32. The third kappa shape index (κ3) is 3.44. The minimum Gasteiger partial charge on any atom is -0.351 e. The number of nitrogens with one attached hydrogen (secondary N) is 1. The minimum atomic E-state index is -0.316. The molecule has 4 heteroatoms. The molecule has 2 aromatic carbocycles. The van der Waals surface area contributed by atoms with Gasteiger partial charge in [-0.25, -0.2) is 0 Å². The molecular weight excluding hydrogens is 332 g/mol. The molecule has 1 saturated heterocycles. The van der Waals surface area contributed by atoms with Crippen LogP contribution in [0, 0.1) is 5.41 Å². The van der Waals surface area contributed by atoms with E-state index in [1.165, 1.54) is 16.7 Å². The van der Waals surface area contributed by atoms with Crippen LogP contribution in [0.3, 0.4) is 0 Å². The van der Waals surface area contributed by atoms with Gasteiger partial charge in [-0.3, -0.25) is 9.69 Å². The Morgan fingerprint density at radius 3 is 2.80 bits per heavy atom. The second-order valence-corrected chi connectivity index (χ2v) is 7.79. The van der Waals surface area contributed by atoms with Gasteiger partial charge in [0, 0.05) is 24.7 Å². The van der Waals surface area contributed by atoms with Crippen molar-refractivity contribution in [2.24, 2.45) is 5.41 Å². The molecule has 1 spiro atoms. The van der Waals surface area contributed by atoms with Crippen molar-refractivity contribution in [3.05, 3.63) is 70.2 Å². The van der Waals surface area contributed by atoms with E-state index in [0.717, 1.165) is 43.9 Å². The van der Waals surface area contributed by atoms with Gasteiger partial charge in [-0.15, -0.1) is 0 Å². The quantitative estimate of drug-likeness (QED) is 0.889. The highest BCUT2D eigenvalue weighted by molar-refractivity contribution is 6.30. The molecule has 3 nitrogen and oxygen atoms in total. The van der Waals surface area contributed by atoms with Crippen molar-refractivity contribution in [1.82, 2.24) is 10.2 Å². The smallest absolute Gasteiger partial charge is 0.228 e. The molecule has 1 unspecified atom stereocenters.